The van der Waals surface area contributed by atoms with Crippen molar-refractivity contribution in [2.45, 2.75) is 6.04 Å². The maximum Gasteiger partial charge on any atom is 0.255 e. The van der Waals surface area contributed by atoms with Crippen molar-refractivity contribution < 1.29 is 14.3 Å². The van der Waals surface area contributed by atoms with Crippen molar-refractivity contribution >= 4 is 33.4 Å². The zero-order valence-electron chi connectivity index (χ0n) is 15.8. The van der Waals surface area contributed by atoms with Gasteiger partial charge in [-0.05, 0) is 42.0 Å². The lowest BCUT2D eigenvalue weighted by Gasteiger charge is -2.31. The maximum absolute atomic E-state index is 13.5. The number of nitrogens with zero attached hydrogens (tertiary/aromatic N) is 1. The van der Waals surface area contributed by atoms with Gasteiger partial charge in [-0.15, -0.1) is 0 Å². The highest BCUT2D eigenvalue weighted by atomic mass is 79.9. The highest BCUT2D eigenvalue weighted by molar-refractivity contribution is 9.10. The fourth-order valence-corrected chi connectivity index (χ4v) is 3.96. The van der Waals surface area contributed by atoms with Gasteiger partial charge in [0.25, 0.3) is 5.91 Å². The van der Waals surface area contributed by atoms with Crippen LogP contribution in [0.25, 0.3) is 0 Å². The van der Waals surface area contributed by atoms with Crippen LogP contribution in [0.2, 0.25) is 0 Å². The molecule has 0 bridgehead atoms. The van der Waals surface area contributed by atoms with Gasteiger partial charge in [0.2, 0.25) is 5.91 Å². The lowest BCUT2D eigenvalue weighted by Crippen LogP contribution is -2.39. The van der Waals surface area contributed by atoms with Crippen LogP contribution in [0.15, 0.2) is 77.3 Å². The number of carbonyl (C=O) groups is 2. The third-order valence-electron chi connectivity index (χ3n) is 4.90. The van der Waals surface area contributed by atoms with Crippen molar-refractivity contribution in [1.29, 1.82) is 0 Å². The van der Waals surface area contributed by atoms with Crippen LogP contribution < -0.4 is 10.1 Å². The van der Waals surface area contributed by atoms with E-state index in [9.17, 15) is 9.59 Å². The second kappa shape index (κ2) is 8.09. The van der Waals surface area contributed by atoms with Gasteiger partial charge in [0.15, 0.2) is 0 Å². The summed E-state index contributed by atoms with van der Waals surface area (Å²) in [7, 11) is 1.56. The second-order valence-electron chi connectivity index (χ2n) is 6.76. The molecule has 1 atom stereocenters. The molecule has 1 aliphatic rings. The number of rotatable bonds is 3. The molecule has 0 aliphatic carbocycles. The molecule has 1 unspecified atom stereocenters. The number of ether oxygens (including phenoxy) is 1. The summed E-state index contributed by atoms with van der Waals surface area (Å²) in [6.45, 7) is -0.0537. The molecule has 1 aliphatic heterocycles. The van der Waals surface area contributed by atoms with Crippen LogP contribution in [-0.2, 0) is 4.79 Å². The van der Waals surface area contributed by atoms with Crippen LogP contribution in [-0.4, -0.2) is 30.4 Å². The summed E-state index contributed by atoms with van der Waals surface area (Å²) in [5, 5.41) is 2.93. The summed E-state index contributed by atoms with van der Waals surface area (Å²) in [5.74, 6) is 0.124. The van der Waals surface area contributed by atoms with Crippen molar-refractivity contribution in [1.82, 2.24) is 4.90 Å². The van der Waals surface area contributed by atoms with E-state index in [1.807, 2.05) is 48.5 Å². The first kappa shape index (κ1) is 19.2. The van der Waals surface area contributed by atoms with E-state index >= 15 is 0 Å². The van der Waals surface area contributed by atoms with Crippen molar-refractivity contribution in [3.05, 3.63) is 94.0 Å². The number of benzene rings is 3. The molecule has 0 saturated heterocycles. The van der Waals surface area contributed by atoms with Gasteiger partial charge in [0.1, 0.15) is 12.3 Å². The largest absolute Gasteiger partial charge is 0.497 e. The summed E-state index contributed by atoms with van der Waals surface area (Å²) >= 11 is 3.52. The Morgan fingerprint density at radius 1 is 1.07 bits per heavy atom. The van der Waals surface area contributed by atoms with Crippen LogP contribution in [0.5, 0.6) is 5.75 Å². The van der Waals surface area contributed by atoms with E-state index in [4.69, 9.17) is 4.74 Å². The third-order valence-corrected chi connectivity index (χ3v) is 5.39. The molecule has 0 fully saturated rings. The minimum absolute atomic E-state index is 0.0537. The Morgan fingerprint density at radius 3 is 2.62 bits per heavy atom. The minimum atomic E-state index is -0.415. The van der Waals surface area contributed by atoms with E-state index < -0.39 is 6.04 Å². The SMILES string of the molecule is COc1cccc(C(=O)N2CC(=O)Nc3ccc(Br)cc3C2c2ccccc2)c1. The molecule has 5 nitrogen and oxygen atoms in total. The molecule has 0 radical (unpaired) electrons. The molecule has 29 heavy (non-hydrogen) atoms. The summed E-state index contributed by atoms with van der Waals surface area (Å²) in [6, 6.07) is 22.0. The van der Waals surface area contributed by atoms with Gasteiger partial charge in [-0.25, -0.2) is 0 Å². The quantitative estimate of drug-likeness (QED) is 0.631. The molecule has 3 aromatic rings. The van der Waals surface area contributed by atoms with Gasteiger partial charge in [0.05, 0.1) is 13.2 Å². The van der Waals surface area contributed by atoms with Crippen LogP contribution in [0.3, 0.4) is 0 Å². The predicted octanol–water partition coefficient (Wildman–Crippen LogP) is 4.64. The average molecular weight is 451 g/mol. The molecule has 2 amide bonds. The molecule has 1 N–H and O–H groups in total. The van der Waals surface area contributed by atoms with Crippen LogP contribution >= 0.6 is 15.9 Å². The number of halogens is 1. The number of anilines is 1. The second-order valence-corrected chi connectivity index (χ2v) is 7.67. The minimum Gasteiger partial charge on any atom is -0.497 e. The van der Waals surface area contributed by atoms with Crippen molar-refractivity contribution in [2.24, 2.45) is 0 Å². The third kappa shape index (κ3) is 3.89. The van der Waals surface area contributed by atoms with Crippen molar-refractivity contribution in [2.75, 3.05) is 19.0 Å². The van der Waals surface area contributed by atoms with E-state index in [2.05, 4.69) is 21.2 Å². The smallest absolute Gasteiger partial charge is 0.255 e. The van der Waals surface area contributed by atoms with Gasteiger partial charge >= 0.3 is 0 Å². The molecule has 0 saturated carbocycles. The topological polar surface area (TPSA) is 58.6 Å². The summed E-state index contributed by atoms with van der Waals surface area (Å²) in [5.41, 5.74) is 2.96. The van der Waals surface area contributed by atoms with Crippen molar-refractivity contribution in [3.63, 3.8) is 0 Å². The maximum atomic E-state index is 13.5. The first-order valence-electron chi connectivity index (χ1n) is 9.16. The van der Waals surface area contributed by atoms with Crippen LogP contribution in [0, 0.1) is 0 Å². The molecule has 3 aromatic carbocycles. The number of fused-ring (bicyclic) bond motifs is 1. The zero-order chi connectivity index (χ0) is 20.4. The zero-order valence-corrected chi connectivity index (χ0v) is 17.3. The Morgan fingerprint density at radius 2 is 1.86 bits per heavy atom. The summed E-state index contributed by atoms with van der Waals surface area (Å²) in [4.78, 5) is 27.8. The average Bonchev–Trinajstić information content (AvgIpc) is 2.89. The van der Waals surface area contributed by atoms with Crippen molar-refractivity contribution in [3.8, 4) is 5.75 Å². The fraction of sp³-hybridized carbons (Fsp3) is 0.130. The molecule has 4 rings (SSSR count). The molecule has 146 valence electrons. The monoisotopic (exact) mass is 450 g/mol. The number of nitrogens with one attached hydrogen (secondary N) is 1. The summed E-state index contributed by atoms with van der Waals surface area (Å²) < 4.78 is 6.14. The Hall–Kier alpha value is -3.12. The van der Waals surface area contributed by atoms with E-state index in [0.717, 1.165) is 15.6 Å². The molecule has 0 spiro atoms. The Balaban J connectivity index is 1.87. The lowest BCUT2D eigenvalue weighted by molar-refractivity contribution is -0.117. The first-order chi connectivity index (χ1) is 14.1. The predicted molar refractivity (Wildman–Crippen MR) is 115 cm³/mol. The van der Waals surface area contributed by atoms with E-state index in [0.29, 0.717) is 17.0 Å². The van der Waals surface area contributed by atoms with Gasteiger partial charge in [0, 0.05) is 21.3 Å². The molecule has 0 aromatic heterocycles. The van der Waals surface area contributed by atoms with Gasteiger partial charge in [-0.1, -0.05) is 52.3 Å². The Labute approximate surface area is 177 Å². The highest BCUT2D eigenvalue weighted by Gasteiger charge is 2.34. The number of methoxy groups -OCH3 is 1. The van der Waals surface area contributed by atoms with Crippen LogP contribution in [0.1, 0.15) is 27.5 Å². The van der Waals surface area contributed by atoms with E-state index in [-0.39, 0.29) is 18.4 Å². The number of carbonyl (C=O) groups excluding carboxylic acids is 2. The molecular weight excluding hydrogens is 432 g/mol. The lowest BCUT2D eigenvalue weighted by atomic mass is 9.95. The fourth-order valence-electron chi connectivity index (χ4n) is 3.58. The highest BCUT2D eigenvalue weighted by Crippen LogP contribution is 2.38. The van der Waals surface area contributed by atoms with Crippen LogP contribution in [0.4, 0.5) is 5.69 Å². The first-order valence-corrected chi connectivity index (χ1v) is 9.95. The number of hydrogen-bond donors (Lipinski definition) is 1. The normalized spacial score (nSPS) is 15.9. The standard InChI is InChI=1S/C23H19BrN2O3/c1-29-18-9-5-8-16(12-18)23(28)26-14-21(27)25-20-11-10-17(24)13-19(20)22(26)15-6-3-2-4-7-15/h2-13,22H,14H2,1H3,(H,25,27). The number of amides is 2. The van der Waals surface area contributed by atoms with E-state index in [1.54, 1.807) is 36.3 Å². The van der Waals surface area contributed by atoms with E-state index in [1.165, 1.54) is 0 Å². The Kier molecular flexibility index (Phi) is 5.36. The van der Waals surface area contributed by atoms with Gasteiger partial charge in [-0.2, -0.15) is 0 Å². The Bertz CT molecular complexity index is 1070. The number of hydrogen-bond acceptors (Lipinski definition) is 3. The molecule has 6 heteroatoms. The molecular formula is C23H19BrN2O3. The molecule has 1 heterocycles. The van der Waals surface area contributed by atoms with Gasteiger partial charge in [-0.3, -0.25) is 9.59 Å². The van der Waals surface area contributed by atoms with Gasteiger partial charge < -0.3 is 15.0 Å². The summed E-state index contributed by atoms with van der Waals surface area (Å²) in [6.07, 6.45) is 0.